The maximum atomic E-state index is 12.1. The van der Waals surface area contributed by atoms with Crippen molar-refractivity contribution in [3.05, 3.63) is 71.2 Å². The molecule has 0 spiro atoms. The van der Waals surface area contributed by atoms with Gasteiger partial charge in [0.05, 0.1) is 13.5 Å². The van der Waals surface area contributed by atoms with Gasteiger partial charge in [0.15, 0.2) is 0 Å². The molecule has 1 heterocycles. The van der Waals surface area contributed by atoms with Gasteiger partial charge in [-0.1, -0.05) is 35.6 Å². The number of aromatic nitrogens is 1. The molecule has 0 bridgehead atoms. The van der Waals surface area contributed by atoms with E-state index < -0.39 is 0 Å². The minimum Gasteiger partial charge on any atom is -0.497 e. The quantitative estimate of drug-likeness (QED) is 0.701. The number of hydrogen-bond donors (Lipinski definition) is 1. The number of thiazole rings is 1. The van der Waals surface area contributed by atoms with Gasteiger partial charge in [-0.2, -0.15) is 0 Å². The molecule has 0 unspecified atom stereocenters. The van der Waals surface area contributed by atoms with E-state index >= 15 is 0 Å². The monoisotopic (exact) mass is 354 g/mol. The Balaban J connectivity index is 1.49. The van der Waals surface area contributed by atoms with Crippen LogP contribution in [0.1, 0.15) is 11.1 Å². The molecule has 25 heavy (non-hydrogen) atoms. The Morgan fingerprint density at radius 3 is 2.68 bits per heavy atom. The van der Waals surface area contributed by atoms with E-state index in [0.29, 0.717) is 18.2 Å². The van der Waals surface area contributed by atoms with E-state index in [1.54, 1.807) is 13.3 Å². The molecule has 0 aliphatic carbocycles. The zero-order valence-corrected chi connectivity index (χ0v) is 14.6. The van der Waals surface area contributed by atoms with Gasteiger partial charge < -0.3 is 14.8 Å². The second kappa shape index (κ2) is 8.30. The van der Waals surface area contributed by atoms with E-state index in [4.69, 9.17) is 9.47 Å². The zero-order chi connectivity index (χ0) is 17.5. The van der Waals surface area contributed by atoms with Crippen LogP contribution in [0.2, 0.25) is 0 Å². The van der Waals surface area contributed by atoms with Crippen LogP contribution in [0, 0.1) is 0 Å². The Bertz CT molecular complexity index is 817. The first-order chi connectivity index (χ1) is 12.2. The highest BCUT2D eigenvalue weighted by molar-refractivity contribution is 7.11. The van der Waals surface area contributed by atoms with Gasteiger partial charge in [0, 0.05) is 18.1 Å². The molecule has 0 radical (unpaired) electrons. The summed E-state index contributed by atoms with van der Waals surface area (Å²) >= 11 is 1.44. The third-order valence-corrected chi connectivity index (χ3v) is 4.17. The molecular formula is C19H18N2O3S. The number of amides is 1. The van der Waals surface area contributed by atoms with Crippen LogP contribution in [0.25, 0.3) is 0 Å². The fraction of sp³-hybridized carbons (Fsp3) is 0.158. The Morgan fingerprint density at radius 2 is 1.96 bits per heavy atom. The normalized spacial score (nSPS) is 10.3. The van der Waals surface area contributed by atoms with Gasteiger partial charge in [0.25, 0.3) is 5.19 Å². The lowest BCUT2D eigenvalue weighted by atomic mass is 10.1. The number of benzene rings is 2. The lowest BCUT2D eigenvalue weighted by Gasteiger charge is -2.08. The second-order valence-electron chi connectivity index (χ2n) is 5.35. The third kappa shape index (κ3) is 5.06. The summed E-state index contributed by atoms with van der Waals surface area (Å²) < 4.78 is 10.8. The van der Waals surface area contributed by atoms with Crippen molar-refractivity contribution in [3.63, 3.8) is 0 Å². The van der Waals surface area contributed by atoms with Crippen LogP contribution in [0.3, 0.4) is 0 Å². The number of carbonyl (C=O) groups excluding carboxylic acids is 1. The fourth-order valence-corrected chi connectivity index (χ4v) is 2.77. The second-order valence-corrected chi connectivity index (χ2v) is 6.21. The van der Waals surface area contributed by atoms with E-state index in [9.17, 15) is 4.79 Å². The molecule has 128 valence electrons. The zero-order valence-electron chi connectivity index (χ0n) is 13.8. The SMILES string of the molecule is COc1cccc(CC(=O)NCc2ccc(Oc3nccs3)cc2)c1. The smallest absolute Gasteiger partial charge is 0.278 e. The molecule has 0 atom stereocenters. The largest absolute Gasteiger partial charge is 0.497 e. The van der Waals surface area contributed by atoms with Crippen molar-refractivity contribution in [1.29, 1.82) is 0 Å². The molecule has 1 aromatic heterocycles. The van der Waals surface area contributed by atoms with Crippen LogP contribution >= 0.6 is 11.3 Å². The minimum absolute atomic E-state index is 0.0311. The summed E-state index contributed by atoms with van der Waals surface area (Å²) in [6.45, 7) is 0.473. The topological polar surface area (TPSA) is 60.5 Å². The van der Waals surface area contributed by atoms with E-state index in [1.807, 2.05) is 53.9 Å². The maximum Gasteiger partial charge on any atom is 0.278 e. The van der Waals surface area contributed by atoms with Gasteiger partial charge in [-0.15, -0.1) is 0 Å². The van der Waals surface area contributed by atoms with Gasteiger partial charge in [0.2, 0.25) is 5.91 Å². The summed E-state index contributed by atoms with van der Waals surface area (Å²) in [6.07, 6.45) is 2.02. The van der Waals surface area contributed by atoms with Crippen LogP contribution in [-0.4, -0.2) is 18.0 Å². The summed E-state index contributed by atoms with van der Waals surface area (Å²) in [4.78, 5) is 16.2. The van der Waals surface area contributed by atoms with E-state index in [-0.39, 0.29) is 5.91 Å². The molecule has 1 amide bonds. The van der Waals surface area contributed by atoms with Gasteiger partial charge in [-0.05, 0) is 35.4 Å². The molecule has 0 aliphatic heterocycles. The number of hydrogen-bond acceptors (Lipinski definition) is 5. The molecule has 0 saturated carbocycles. The van der Waals surface area contributed by atoms with Gasteiger partial charge in [-0.3, -0.25) is 4.79 Å². The number of rotatable bonds is 7. The minimum atomic E-state index is -0.0311. The Hall–Kier alpha value is -2.86. The van der Waals surface area contributed by atoms with E-state index in [1.165, 1.54) is 11.3 Å². The summed E-state index contributed by atoms with van der Waals surface area (Å²) in [6, 6.07) is 15.1. The summed E-state index contributed by atoms with van der Waals surface area (Å²) in [5.41, 5.74) is 1.93. The Labute approximate surface area is 150 Å². The lowest BCUT2D eigenvalue weighted by Crippen LogP contribution is -2.24. The Kier molecular flexibility index (Phi) is 5.64. The lowest BCUT2D eigenvalue weighted by molar-refractivity contribution is -0.120. The van der Waals surface area contributed by atoms with Gasteiger partial charge >= 0.3 is 0 Å². The average Bonchev–Trinajstić information content (AvgIpc) is 3.14. The maximum absolute atomic E-state index is 12.1. The molecule has 0 aliphatic rings. The Morgan fingerprint density at radius 1 is 1.12 bits per heavy atom. The first kappa shape index (κ1) is 17.0. The molecule has 0 fully saturated rings. The average molecular weight is 354 g/mol. The van der Waals surface area contributed by atoms with Crippen molar-refractivity contribution in [1.82, 2.24) is 10.3 Å². The van der Waals surface area contributed by atoms with Crippen molar-refractivity contribution in [3.8, 4) is 16.7 Å². The van der Waals surface area contributed by atoms with Crippen LogP contribution in [0.4, 0.5) is 0 Å². The highest BCUT2D eigenvalue weighted by atomic mass is 32.1. The molecular weight excluding hydrogens is 336 g/mol. The standard InChI is InChI=1S/C19H18N2O3S/c1-23-17-4-2-3-15(11-17)12-18(22)21-13-14-5-7-16(8-6-14)24-19-20-9-10-25-19/h2-11H,12-13H2,1H3,(H,21,22). The third-order valence-electron chi connectivity index (χ3n) is 3.53. The highest BCUT2D eigenvalue weighted by Crippen LogP contribution is 2.23. The molecule has 3 rings (SSSR count). The number of nitrogens with zero attached hydrogens (tertiary/aromatic N) is 1. The van der Waals surface area contributed by atoms with Gasteiger partial charge in [0.1, 0.15) is 11.5 Å². The summed E-state index contributed by atoms with van der Waals surface area (Å²) in [5.74, 6) is 1.44. The van der Waals surface area contributed by atoms with Crippen molar-refractivity contribution in [2.24, 2.45) is 0 Å². The predicted octanol–water partition coefficient (Wildman–Crippen LogP) is 3.80. The number of ether oxygens (including phenoxy) is 2. The highest BCUT2D eigenvalue weighted by Gasteiger charge is 2.05. The van der Waals surface area contributed by atoms with Crippen LogP contribution in [0.5, 0.6) is 16.7 Å². The van der Waals surface area contributed by atoms with Crippen LogP contribution in [-0.2, 0) is 17.8 Å². The van der Waals surface area contributed by atoms with Crippen LogP contribution in [0.15, 0.2) is 60.1 Å². The van der Waals surface area contributed by atoms with Crippen molar-refractivity contribution >= 4 is 17.2 Å². The van der Waals surface area contributed by atoms with Crippen molar-refractivity contribution < 1.29 is 14.3 Å². The molecule has 3 aromatic rings. The first-order valence-electron chi connectivity index (χ1n) is 7.79. The summed E-state index contributed by atoms with van der Waals surface area (Å²) in [5, 5.41) is 5.39. The number of nitrogens with one attached hydrogen (secondary N) is 1. The molecule has 5 nitrogen and oxygen atoms in total. The van der Waals surface area contributed by atoms with Crippen LogP contribution < -0.4 is 14.8 Å². The van der Waals surface area contributed by atoms with E-state index in [2.05, 4.69) is 10.3 Å². The molecule has 1 N–H and O–H groups in total. The number of methoxy groups -OCH3 is 1. The molecule has 0 saturated heterocycles. The number of carbonyl (C=O) groups is 1. The predicted molar refractivity (Wildman–Crippen MR) is 97.2 cm³/mol. The molecule has 2 aromatic carbocycles. The first-order valence-corrected chi connectivity index (χ1v) is 8.67. The summed E-state index contributed by atoms with van der Waals surface area (Å²) in [7, 11) is 1.61. The molecule has 6 heteroatoms. The van der Waals surface area contributed by atoms with Crippen molar-refractivity contribution in [2.75, 3.05) is 7.11 Å². The fourth-order valence-electron chi connectivity index (χ4n) is 2.27. The van der Waals surface area contributed by atoms with E-state index in [0.717, 1.165) is 22.6 Å². The van der Waals surface area contributed by atoms with Gasteiger partial charge in [-0.25, -0.2) is 4.98 Å². The van der Waals surface area contributed by atoms with Crippen molar-refractivity contribution in [2.45, 2.75) is 13.0 Å².